The number of rotatable bonds is 4. The fraction of sp³-hybridized carbons (Fsp3) is 0.438. The van der Waals surface area contributed by atoms with E-state index in [-0.39, 0.29) is 23.6 Å². The number of nitrogens with zero attached hydrogens (tertiary/aromatic N) is 1. The second-order valence-electron chi connectivity index (χ2n) is 6.31. The van der Waals surface area contributed by atoms with Crippen LogP contribution in [0.5, 0.6) is 0 Å². The Morgan fingerprint density at radius 2 is 1.96 bits per heavy atom. The lowest BCUT2D eigenvalue weighted by Crippen LogP contribution is -2.70. The van der Waals surface area contributed by atoms with E-state index in [0.717, 1.165) is 5.56 Å². The van der Waals surface area contributed by atoms with Gasteiger partial charge in [0.2, 0.25) is 11.8 Å². The van der Waals surface area contributed by atoms with Crippen molar-refractivity contribution in [3.63, 3.8) is 0 Å². The topological polar surface area (TPSA) is 86.7 Å². The van der Waals surface area contributed by atoms with Crippen LogP contribution < -0.4 is 5.32 Å². The highest BCUT2D eigenvalue weighted by atomic mass is 32.2. The number of aliphatic carboxylic acids is 1. The standard InChI is InChI=1S/C16H18N2O4S/c1-16(2)12(15(21)22)18-13(20)11(14(18)23-16)17-10(19)8-9-6-4-3-5-7-9/h3-7,11-12,14H,8H2,1-2H3,(H,17,19)(H,21,22)/t11-,12-,14+/m0/s1. The number of hydrogen-bond acceptors (Lipinski definition) is 4. The fourth-order valence-corrected chi connectivity index (χ4v) is 4.78. The lowest BCUT2D eigenvalue weighted by Gasteiger charge is -2.43. The molecule has 6 nitrogen and oxygen atoms in total. The van der Waals surface area contributed by atoms with E-state index in [0.29, 0.717) is 0 Å². The zero-order valence-electron chi connectivity index (χ0n) is 12.9. The summed E-state index contributed by atoms with van der Waals surface area (Å²) in [5.74, 6) is -1.55. The van der Waals surface area contributed by atoms with Gasteiger partial charge in [-0.25, -0.2) is 4.79 Å². The van der Waals surface area contributed by atoms with E-state index in [1.165, 1.54) is 16.7 Å². The Morgan fingerprint density at radius 1 is 1.30 bits per heavy atom. The minimum atomic E-state index is -1.01. The van der Waals surface area contributed by atoms with Crippen molar-refractivity contribution in [2.75, 3.05) is 0 Å². The summed E-state index contributed by atoms with van der Waals surface area (Å²) >= 11 is 1.42. The molecule has 0 aromatic heterocycles. The van der Waals surface area contributed by atoms with E-state index in [2.05, 4.69) is 5.32 Å². The Bertz CT molecular complexity index is 661. The first-order chi connectivity index (χ1) is 10.8. The second kappa shape index (κ2) is 5.56. The third-order valence-corrected chi connectivity index (χ3v) is 5.77. The van der Waals surface area contributed by atoms with Crippen molar-refractivity contribution in [3.8, 4) is 0 Å². The van der Waals surface area contributed by atoms with E-state index in [9.17, 15) is 19.5 Å². The number of fused-ring (bicyclic) bond motifs is 1. The molecule has 0 radical (unpaired) electrons. The molecule has 1 aromatic carbocycles. The van der Waals surface area contributed by atoms with Crippen LogP contribution in [0.3, 0.4) is 0 Å². The molecule has 0 spiro atoms. The molecule has 23 heavy (non-hydrogen) atoms. The molecule has 3 rings (SSSR count). The highest BCUT2D eigenvalue weighted by molar-refractivity contribution is 8.01. The number of carboxylic acids is 1. The summed E-state index contributed by atoms with van der Waals surface area (Å²) in [6.45, 7) is 3.62. The van der Waals surface area contributed by atoms with Crippen LogP contribution in [-0.2, 0) is 20.8 Å². The fourth-order valence-electron chi connectivity index (χ4n) is 3.15. The van der Waals surface area contributed by atoms with Crippen molar-refractivity contribution in [2.24, 2.45) is 0 Å². The summed E-state index contributed by atoms with van der Waals surface area (Å²) in [6, 6.07) is 7.78. The molecule has 0 saturated carbocycles. The number of hydrogen-bond donors (Lipinski definition) is 2. The van der Waals surface area contributed by atoms with Crippen LogP contribution in [0.1, 0.15) is 19.4 Å². The molecule has 7 heteroatoms. The van der Waals surface area contributed by atoms with E-state index in [1.807, 2.05) is 44.2 Å². The second-order valence-corrected chi connectivity index (χ2v) is 8.08. The van der Waals surface area contributed by atoms with Crippen LogP contribution in [0.15, 0.2) is 30.3 Å². The molecule has 2 aliphatic rings. The molecule has 2 fully saturated rings. The van der Waals surface area contributed by atoms with Gasteiger partial charge in [0.1, 0.15) is 17.5 Å². The normalized spacial score (nSPS) is 28.0. The molecule has 1 aromatic rings. The van der Waals surface area contributed by atoms with Gasteiger partial charge in [0.25, 0.3) is 0 Å². The molecule has 2 heterocycles. The van der Waals surface area contributed by atoms with Crippen LogP contribution in [-0.4, -0.2) is 50.0 Å². The van der Waals surface area contributed by atoms with E-state index >= 15 is 0 Å². The molecular formula is C16H18N2O4S. The molecule has 0 unspecified atom stereocenters. The van der Waals surface area contributed by atoms with Crippen molar-refractivity contribution in [2.45, 2.75) is 42.5 Å². The molecule has 3 atom stereocenters. The number of carboxylic acid groups (broad SMARTS) is 1. The zero-order chi connectivity index (χ0) is 16.8. The lowest BCUT2D eigenvalue weighted by molar-refractivity contribution is -0.161. The average Bonchev–Trinajstić information content (AvgIpc) is 2.74. The van der Waals surface area contributed by atoms with Gasteiger partial charge in [-0.3, -0.25) is 9.59 Å². The third-order valence-electron chi connectivity index (χ3n) is 4.20. The Labute approximate surface area is 138 Å². The molecule has 2 saturated heterocycles. The smallest absolute Gasteiger partial charge is 0.327 e. The molecule has 122 valence electrons. The van der Waals surface area contributed by atoms with Crippen LogP contribution in [0.25, 0.3) is 0 Å². The Balaban J connectivity index is 1.66. The number of thioether (sulfide) groups is 1. The number of benzene rings is 1. The average molecular weight is 334 g/mol. The van der Waals surface area contributed by atoms with Gasteiger partial charge in [0, 0.05) is 4.75 Å². The van der Waals surface area contributed by atoms with Crippen molar-refractivity contribution in [1.29, 1.82) is 0 Å². The van der Waals surface area contributed by atoms with Crippen LogP contribution in [0.2, 0.25) is 0 Å². The number of carbonyl (C=O) groups excluding carboxylic acids is 2. The summed E-state index contributed by atoms with van der Waals surface area (Å²) in [4.78, 5) is 37.2. The van der Waals surface area contributed by atoms with Gasteiger partial charge < -0.3 is 15.3 Å². The molecular weight excluding hydrogens is 316 g/mol. The Hall–Kier alpha value is -2.02. The van der Waals surface area contributed by atoms with E-state index in [4.69, 9.17) is 0 Å². The maximum absolute atomic E-state index is 12.3. The van der Waals surface area contributed by atoms with Crippen molar-refractivity contribution in [1.82, 2.24) is 10.2 Å². The van der Waals surface area contributed by atoms with Crippen molar-refractivity contribution >= 4 is 29.5 Å². The summed E-state index contributed by atoms with van der Waals surface area (Å²) in [5.41, 5.74) is 0.872. The van der Waals surface area contributed by atoms with Gasteiger partial charge in [-0.1, -0.05) is 30.3 Å². The quantitative estimate of drug-likeness (QED) is 0.798. The largest absolute Gasteiger partial charge is 0.480 e. The summed E-state index contributed by atoms with van der Waals surface area (Å²) in [7, 11) is 0. The molecule has 2 amide bonds. The monoisotopic (exact) mass is 334 g/mol. The van der Waals surface area contributed by atoms with Gasteiger partial charge >= 0.3 is 5.97 Å². The third kappa shape index (κ3) is 2.69. The van der Waals surface area contributed by atoms with Crippen LogP contribution in [0.4, 0.5) is 0 Å². The molecule has 0 bridgehead atoms. The Morgan fingerprint density at radius 3 is 2.57 bits per heavy atom. The predicted octanol–water partition coefficient (Wildman–Crippen LogP) is 0.861. The predicted molar refractivity (Wildman–Crippen MR) is 85.8 cm³/mol. The lowest BCUT2D eigenvalue weighted by atomic mass is 9.96. The van der Waals surface area contributed by atoms with Crippen LogP contribution >= 0.6 is 11.8 Å². The van der Waals surface area contributed by atoms with Gasteiger partial charge in [0.05, 0.1) is 6.42 Å². The summed E-state index contributed by atoms with van der Waals surface area (Å²) in [5, 5.41) is 11.8. The van der Waals surface area contributed by atoms with Gasteiger partial charge in [0.15, 0.2) is 0 Å². The summed E-state index contributed by atoms with van der Waals surface area (Å²) in [6.07, 6.45) is 0.202. The number of carbonyl (C=O) groups is 3. The first-order valence-corrected chi connectivity index (χ1v) is 8.25. The zero-order valence-corrected chi connectivity index (χ0v) is 13.7. The molecule has 2 aliphatic heterocycles. The van der Waals surface area contributed by atoms with Crippen molar-refractivity contribution < 1.29 is 19.5 Å². The maximum atomic E-state index is 12.3. The highest BCUT2D eigenvalue weighted by Crippen LogP contribution is 2.50. The highest BCUT2D eigenvalue weighted by Gasteiger charge is 2.64. The maximum Gasteiger partial charge on any atom is 0.327 e. The molecule has 2 N–H and O–H groups in total. The molecule has 0 aliphatic carbocycles. The van der Waals surface area contributed by atoms with Gasteiger partial charge in [-0.15, -0.1) is 11.8 Å². The minimum absolute atomic E-state index is 0.202. The number of nitrogens with one attached hydrogen (secondary N) is 1. The minimum Gasteiger partial charge on any atom is -0.480 e. The first-order valence-electron chi connectivity index (χ1n) is 7.37. The first kappa shape index (κ1) is 15.9. The number of β-lactam (4-membered cyclic amide) rings is 1. The number of amides is 2. The van der Waals surface area contributed by atoms with Crippen molar-refractivity contribution in [3.05, 3.63) is 35.9 Å². The summed E-state index contributed by atoms with van der Waals surface area (Å²) < 4.78 is -0.578. The SMILES string of the molecule is CC1(C)S[C@@H]2[C@@H](NC(=O)Cc3ccccc3)C(=O)N2[C@H]1C(=O)O. The van der Waals surface area contributed by atoms with Crippen LogP contribution in [0, 0.1) is 0 Å². The van der Waals surface area contributed by atoms with E-state index < -0.39 is 22.8 Å². The van der Waals surface area contributed by atoms with E-state index in [1.54, 1.807) is 0 Å². The Kier molecular flexibility index (Phi) is 3.83. The van der Waals surface area contributed by atoms with Gasteiger partial charge in [-0.05, 0) is 19.4 Å². The van der Waals surface area contributed by atoms with Gasteiger partial charge in [-0.2, -0.15) is 0 Å².